The van der Waals surface area contributed by atoms with Crippen molar-refractivity contribution in [1.29, 1.82) is 0 Å². The minimum atomic E-state index is 0.282. The third-order valence-electron chi connectivity index (χ3n) is 1.40. The van der Waals surface area contributed by atoms with Crippen LogP contribution in [0.4, 0.5) is 0 Å². The van der Waals surface area contributed by atoms with E-state index in [1.165, 1.54) is 12.8 Å². The summed E-state index contributed by atoms with van der Waals surface area (Å²) in [6, 6.07) is 0. The van der Waals surface area contributed by atoms with Gasteiger partial charge >= 0.3 is 0 Å². The molecule has 0 spiro atoms. The van der Waals surface area contributed by atoms with Crippen molar-refractivity contribution in [2.45, 2.75) is 40.5 Å². The molecule has 0 bridgehead atoms. The van der Waals surface area contributed by atoms with Crippen LogP contribution in [0.25, 0.3) is 0 Å². The molecule has 0 fully saturated rings. The lowest BCUT2D eigenvalue weighted by molar-refractivity contribution is 0.380. The first-order chi connectivity index (χ1) is 3.92. The Morgan fingerprint density at radius 2 is 1.78 bits per heavy atom. The van der Waals surface area contributed by atoms with Gasteiger partial charge in [-0.1, -0.05) is 34.1 Å². The van der Waals surface area contributed by atoms with Crippen molar-refractivity contribution in [3.63, 3.8) is 0 Å². The van der Waals surface area contributed by atoms with Gasteiger partial charge in [0.1, 0.15) is 0 Å². The van der Waals surface area contributed by atoms with Gasteiger partial charge < -0.3 is 0 Å². The van der Waals surface area contributed by atoms with E-state index in [1.807, 2.05) is 0 Å². The van der Waals surface area contributed by atoms with Crippen molar-refractivity contribution >= 4 is 0 Å². The molecule has 0 aliphatic heterocycles. The summed E-state index contributed by atoms with van der Waals surface area (Å²) in [5.74, 6) is 0.825. The molecule has 0 N–H and O–H groups in total. The Morgan fingerprint density at radius 1 is 1.33 bits per heavy atom. The quantitative estimate of drug-likeness (QED) is 0.545. The molecule has 1 radical (unpaired) electrons. The fourth-order valence-electron chi connectivity index (χ4n) is 0.679. The Kier molecular flexibility index (Phi) is 3.24. The van der Waals surface area contributed by atoms with Crippen molar-refractivity contribution in [1.82, 2.24) is 0 Å². The molecule has 0 amide bonds. The summed E-state index contributed by atoms with van der Waals surface area (Å²) in [6.07, 6.45) is 2.54. The maximum absolute atomic E-state index is 4.04. The van der Waals surface area contributed by atoms with E-state index in [-0.39, 0.29) is 5.41 Å². The van der Waals surface area contributed by atoms with E-state index in [1.54, 1.807) is 0 Å². The van der Waals surface area contributed by atoms with E-state index in [2.05, 4.69) is 34.6 Å². The third-order valence-corrected chi connectivity index (χ3v) is 1.40. The van der Waals surface area contributed by atoms with E-state index in [9.17, 15) is 0 Å². The normalized spacial score (nSPS) is 12.7. The highest BCUT2D eigenvalue weighted by atomic mass is 14.2. The number of hydrogen-bond donors (Lipinski definition) is 0. The van der Waals surface area contributed by atoms with Crippen molar-refractivity contribution in [3.8, 4) is 0 Å². The van der Waals surface area contributed by atoms with Crippen LogP contribution in [-0.4, -0.2) is 0 Å². The van der Waals surface area contributed by atoms with Gasteiger partial charge in [-0.05, 0) is 24.7 Å². The Balaban J connectivity index is 3.28. The van der Waals surface area contributed by atoms with Gasteiger partial charge in [-0.3, -0.25) is 0 Å². The van der Waals surface area contributed by atoms with Gasteiger partial charge in [0.15, 0.2) is 0 Å². The summed E-state index contributed by atoms with van der Waals surface area (Å²) in [4.78, 5) is 0. The standard InChI is InChI=1S/C9H19/c1-8(2)6-7-9(3,4)5/h8H,3,6-7H2,1-2,4-5H3. The maximum Gasteiger partial charge on any atom is -0.0354 e. The molecule has 9 heavy (non-hydrogen) atoms. The zero-order chi connectivity index (χ0) is 7.49. The second-order valence-corrected chi connectivity index (χ2v) is 4.10. The van der Waals surface area contributed by atoms with Crippen LogP contribution in [0.1, 0.15) is 40.5 Å². The van der Waals surface area contributed by atoms with Crippen LogP contribution >= 0.6 is 0 Å². The van der Waals surface area contributed by atoms with Crippen LogP contribution in [0.15, 0.2) is 0 Å². The molecule has 0 nitrogen and oxygen atoms in total. The van der Waals surface area contributed by atoms with Crippen molar-refractivity contribution in [2.24, 2.45) is 11.3 Å². The first kappa shape index (κ1) is 9.00. The maximum atomic E-state index is 4.04. The van der Waals surface area contributed by atoms with Crippen molar-refractivity contribution in [3.05, 3.63) is 6.92 Å². The predicted octanol–water partition coefficient (Wildman–Crippen LogP) is 3.28. The molecule has 0 aromatic carbocycles. The highest BCUT2D eigenvalue weighted by Gasteiger charge is 2.09. The fourth-order valence-corrected chi connectivity index (χ4v) is 0.679. The summed E-state index contributed by atoms with van der Waals surface area (Å²) >= 11 is 0. The number of hydrogen-bond acceptors (Lipinski definition) is 0. The van der Waals surface area contributed by atoms with Crippen molar-refractivity contribution < 1.29 is 0 Å². The van der Waals surface area contributed by atoms with E-state index in [0.717, 1.165) is 5.92 Å². The largest absolute Gasteiger partial charge is 0.0628 e. The average Bonchev–Trinajstić information content (AvgIpc) is 1.59. The first-order valence-electron chi connectivity index (χ1n) is 3.77. The molecule has 0 unspecified atom stereocenters. The van der Waals surface area contributed by atoms with Crippen LogP contribution in [0.5, 0.6) is 0 Å². The van der Waals surface area contributed by atoms with Gasteiger partial charge in [0, 0.05) is 0 Å². The fraction of sp³-hybridized carbons (Fsp3) is 0.889. The molecule has 0 aromatic rings. The van der Waals surface area contributed by atoms with Crippen molar-refractivity contribution in [2.75, 3.05) is 0 Å². The highest BCUT2D eigenvalue weighted by molar-refractivity contribution is 4.70. The highest BCUT2D eigenvalue weighted by Crippen LogP contribution is 2.22. The summed E-state index contributed by atoms with van der Waals surface area (Å²) in [5.41, 5.74) is 0.282. The summed E-state index contributed by atoms with van der Waals surface area (Å²) in [6.45, 7) is 12.9. The van der Waals surface area contributed by atoms with E-state index in [0.29, 0.717) is 0 Å². The second kappa shape index (κ2) is 3.24. The van der Waals surface area contributed by atoms with Crippen LogP contribution in [0.3, 0.4) is 0 Å². The molecule has 55 valence electrons. The average molecular weight is 127 g/mol. The smallest absolute Gasteiger partial charge is 0.0354 e. The van der Waals surface area contributed by atoms with E-state index >= 15 is 0 Å². The predicted molar refractivity (Wildman–Crippen MR) is 43.2 cm³/mol. The summed E-state index contributed by atoms with van der Waals surface area (Å²) < 4.78 is 0. The molecule has 0 saturated heterocycles. The first-order valence-corrected chi connectivity index (χ1v) is 3.77. The van der Waals surface area contributed by atoms with Gasteiger partial charge in [0.2, 0.25) is 0 Å². The molecular formula is C9H19. The molecule has 0 saturated carbocycles. The van der Waals surface area contributed by atoms with Crippen LogP contribution in [0.2, 0.25) is 0 Å². The molecule has 0 aliphatic rings. The van der Waals surface area contributed by atoms with E-state index in [4.69, 9.17) is 0 Å². The zero-order valence-electron chi connectivity index (χ0n) is 7.20. The molecule has 0 heteroatoms. The van der Waals surface area contributed by atoms with Gasteiger partial charge in [-0.25, -0.2) is 0 Å². The topological polar surface area (TPSA) is 0 Å². The van der Waals surface area contributed by atoms with Gasteiger partial charge in [-0.15, -0.1) is 0 Å². The molecular weight excluding hydrogens is 108 g/mol. The molecule has 0 rings (SSSR count). The Hall–Kier alpha value is 0. The second-order valence-electron chi connectivity index (χ2n) is 4.10. The lowest BCUT2D eigenvalue weighted by atomic mass is 9.88. The summed E-state index contributed by atoms with van der Waals surface area (Å²) in [7, 11) is 0. The Bertz CT molecular complexity index is 64.6. The zero-order valence-corrected chi connectivity index (χ0v) is 7.20. The molecule has 0 atom stereocenters. The van der Waals surface area contributed by atoms with Crippen LogP contribution < -0.4 is 0 Å². The molecule has 0 heterocycles. The SMILES string of the molecule is [CH2]C(C)(C)CCC(C)C. The molecule has 0 aliphatic carbocycles. The van der Waals surface area contributed by atoms with E-state index < -0.39 is 0 Å². The molecule has 0 aromatic heterocycles. The van der Waals surface area contributed by atoms with Crippen LogP contribution in [-0.2, 0) is 0 Å². The minimum Gasteiger partial charge on any atom is -0.0628 e. The van der Waals surface area contributed by atoms with Crippen LogP contribution in [0, 0.1) is 18.3 Å². The monoisotopic (exact) mass is 127 g/mol. The summed E-state index contributed by atoms with van der Waals surface area (Å²) in [5, 5.41) is 0. The minimum absolute atomic E-state index is 0.282. The number of rotatable bonds is 3. The lowest BCUT2D eigenvalue weighted by Crippen LogP contribution is -2.06. The Labute approximate surface area is 59.7 Å². The van der Waals surface area contributed by atoms with Gasteiger partial charge in [-0.2, -0.15) is 0 Å². The van der Waals surface area contributed by atoms with Gasteiger partial charge in [0.05, 0.1) is 0 Å². The van der Waals surface area contributed by atoms with Gasteiger partial charge in [0.25, 0.3) is 0 Å². The lowest BCUT2D eigenvalue weighted by Gasteiger charge is -2.18. The third kappa shape index (κ3) is 8.00. The Morgan fingerprint density at radius 3 is 1.89 bits per heavy atom.